The second-order valence-electron chi connectivity index (χ2n) is 7.55. The van der Waals surface area contributed by atoms with Crippen molar-refractivity contribution in [2.75, 3.05) is 18.9 Å². The van der Waals surface area contributed by atoms with Gasteiger partial charge in [-0.25, -0.2) is 0 Å². The highest BCUT2D eigenvalue weighted by Gasteiger charge is 2.32. The molecule has 0 atom stereocenters. The zero-order valence-corrected chi connectivity index (χ0v) is 20.1. The van der Waals surface area contributed by atoms with Gasteiger partial charge in [0.2, 0.25) is 5.96 Å². The normalized spacial score (nSPS) is 13.8. The highest BCUT2D eigenvalue weighted by Crippen LogP contribution is 2.30. The number of benzene rings is 2. The number of fused-ring (bicyclic) bond motifs is 1. The quantitative estimate of drug-likeness (QED) is 0.355. The Balaban J connectivity index is 0.00000176. The van der Waals surface area contributed by atoms with Crippen molar-refractivity contribution in [2.45, 2.75) is 26.4 Å². The Morgan fingerprint density at radius 3 is 2.44 bits per heavy atom. The minimum absolute atomic E-state index is 0.0933. The van der Waals surface area contributed by atoms with E-state index in [0.717, 1.165) is 29.9 Å². The second kappa shape index (κ2) is 11.5. The smallest absolute Gasteiger partial charge is 0.383 e. The van der Waals surface area contributed by atoms with E-state index >= 15 is 0 Å². The van der Waals surface area contributed by atoms with Crippen molar-refractivity contribution in [1.29, 1.82) is 0 Å². The molecule has 1 aromatic heterocycles. The number of amides is 1. The highest BCUT2D eigenvalue weighted by atomic mass is 19.4. The van der Waals surface area contributed by atoms with E-state index in [0.29, 0.717) is 28.8 Å². The number of hydrogen-bond donors (Lipinski definition) is 3. The van der Waals surface area contributed by atoms with Gasteiger partial charge in [-0.1, -0.05) is 38.1 Å². The van der Waals surface area contributed by atoms with Gasteiger partial charge in [-0.2, -0.15) is 18.2 Å². The van der Waals surface area contributed by atoms with Gasteiger partial charge in [-0.05, 0) is 53.4 Å². The molecule has 1 amide bonds. The Morgan fingerprint density at radius 1 is 1.06 bits per heavy atom. The first-order valence-electron chi connectivity index (χ1n) is 11.4. The number of pyridine rings is 1. The zero-order chi connectivity index (χ0) is 26.3. The van der Waals surface area contributed by atoms with Crippen LogP contribution in [0, 0.1) is 0 Å². The maximum Gasteiger partial charge on any atom is 0.433 e. The Kier molecular flexibility index (Phi) is 8.42. The summed E-state index contributed by atoms with van der Waals surface area (Å²) in [7, 11) is 1.57. The Hall–Kier alpha value is -4.21. The van der Waals surface area contributed by atoms with Crippen LogP contribution in [0.4, 0.5) is 18.9 Å². The van der Waals surface area contributed by atoms with E-state index in [-0.39, 0.29) is 17.7 Å². The average Bonchev–Trinajstić information content (AvgIpc) is 2.89. The molecule has 2 heterocycles. The number of carbonyl (C=O) groups is 1. The Morgan fingerprint density at radius 2 is 1.78 bits per heavy atom. The summed E-state index contributed by atoms with van der Waals surface area (Å²) >= 11 is 0. The van der Waals surface area contributed by atoms with Gasteiger partial charge in [0.25, 0.3) is 5.91 Å². The van der Waals surface area contributed by atoms with Crippen LogP contribution in [-0.4, -0.2) is 36.3 Å². The van der Waals surface area contributed by atoms with Gasteiger partial charge < -0.3 is 16.4 Å². The molecule has 4 N–H and O–H groups in total. The van der Waals surface area contributed by atoms with Gasteiger partial charge in [0.05, 0.1) is 0 Å². The van der Waals surface area contributed by atoms with Crippen LogP contribution in [0.2, 0.25) is 0 Å². The lowest BCUT2D eigenvalue weighted by molar-refractivity contribution is -0.141. The van der Waals surface area contributed by atoms with Gasteiger partial charge in [0.15, 0.2) is 0 Å². The van der Waals surface area contributed by atoms with Crippen molar-refractivity contribution in [1.82, 2.24) is 10.3 Å². The minimum atomic E-state index is -4.51. The first-order valence-corrected chi connectivity index (χ1v) is 11.4. The fourth-order valence-corrected chi connectivity index (χ4v) is 3.55. The summed E-state index contributed by atoms with van der Waals surface area (Å²) < 4.78 is 38.8. The summed E-state index contributed by atoms with van der Waals surface area (Å²) in [5.74, 6) is 0.359. The van der Waals surface area contributed by atoms with Crippen LogP contribution in [0.15, 0.2) is 70.8 Å². The van der Waals surface area contributed by atoms with Crippen LogP contribution in [-0.2, 0) is 12.6 Å². The zero-order valence-electron chi connectivity index (χ0n) is 20.1. The molecule has 0 fully saturated rings. The maximum atomic E-state index is 12.9. The number of amidine groups is 1. The number of hydrogen-bond acceptors (Lipinski definition) is 3. The number of aromatic nitrogens is 1. The molecule has 0 radical (unpaired) electrons. The van der Waals surface area contributed by atoms with E-state index in [9.17, 15) is 18.0 Å². The van der Waals surface area contributed by atoms with Gasteiger partial charge in [-0.15, -0.1) is 0 Å². The second-order valence-corrected chi connectivity index (χ2v) is 7.55. The third-order valence-electron chi connectivity index (χ3n) is 5.29. The number of anilines is 1. The summed E-state index contributed by atoms with van der Waals surface area (Å²) in [5, 5.41) is 5.89. The van der Waals surface area contributed by atoms with E-state index in [4.69, 9.17) is 5.73 Å². The summed E-state index contributed by atoms with van der Waals surface area (Å²) in [6.07, 6.45) is -2.65. The van der Waals surface area contributed by atoms with Crippen LogP contribution < -0.4 is 16.4 Å². The fraction of sp³-hybridized carbons (Fsp3) is 0.231. The number of aliphatic imine (C=N–C) groups is 2. The number of nitrogens with zero attached hydrogens (tertiary/aromatic N) is 3. The number of carbonyl (C=O) groups excluding carboxylic acids is 1. The van der Waals surface area contributed by atoms with Crippen LogP contribution in [0.5, 0.6) is 0 Å². The molecule has 1 aliphatic heterocycles. The first-order chi connectivity index (χ1) is 17.2. The van der Waals surface area contributed by atoms with Crippen molar-refractivity contribution in [2.24, 2.45) is 15.7 Å². The van der Waals surface area contributed by atoms with E-state index in [1.807, 2.05) is 19.9 Å². The summed E-state index contributed by atoms with van der Waals surface area (Å²) in [5.41, 5.74) is 9.05. The van der Waals surface area contributed by atoms with Gasteiger partial charge in [-0.3, -0.25) is 14.8 Å². The molecule has 1 aliphatic rings. The molecule has 0 spiro atoms. The molecule has 0 saturated carbocycles. The van der Waals surface area contributed by atoms with Crippen molar-refractivity contribution < 1.29 is 18.0 Å². The van der Waals surface area contributed by atoms with Gasteiger partial charge in [0.1, 0.15) is 11.5 Å². The number of guanidine groups is 1. The summed E-state index contributed by atoms with van der Waals surface area (Å²) in [6.45, 7) is 4.59. The topological polar surface area (TPSA) is 105 Å². The van der Waals surface area contributed by atoms with E-state index < -0.39 is 11.9 Å². The van der Waals surface area contributed by atoms with Crippen LogP contribution in [0.3, 0.4) is 0 Å². The SMILES string of the molecule is CC.CN=C(/N=C(\N)c1ccc(-c2ccnc(C(F)(F)F)c2)cc1)Nc1ccc2c(c1)CCNC2=O. The number of rotatable bonds is 3. The number of alkyl halides is 3. The monoisotopic (exact) mass is 496 g/mol. The van der Waals surface area contributed by atoms with Crippen molar-refractivity contribution in [3.63, 3.8) is 0 Å². The maximum absolute atomic E-state index is 12.9. The van der Waals surface area contributed by atoms with Crippen LogP contribution >= 0.6 is 0 Å². The molecule has 0 aliphatic carbocycles. The first kappa shape index (κ1) is 26.4. The largest absolute Gasteiger partial charge is 0.433 e. The predicted octanol–water partition coefficient (Wildman–Crippen LogP) is 4.88. The van der Waals surface area contributed by atoms with Crippen LogP contribution in [0.25, 0.3) is 11.1 Å². The molecule has 36 heavy (non-hydrogen) atoms. The Bertz CT molecular complexity index is 1280. The molecule has 2 aromatic carbocycles. The minimum Gasteiger partial charge on any atom is -0.383 e. The highest BCUT2D eigenvalue weighted by molar-refractivity contribution is 6.08. The third kappa shape index (κ3) is 6.26. The Labute approximate surface area is 207 Å². The van der Waals surface area contributed by atoms with Crippen molar-refractivity contribution >= 4 is 23.4 Å². The van der Waals surface area contributed by atoms with Gasteiger partial charge in [0, 0.05) is 36.6 Å². The predicted molar refractivity (Wildman–Crippen MR) is 136 cm³/mol. The average molecular weight is 497 g/mol. The third-order valence-corrected chi connectivity index (χ3v) is 5.29. The standard InChI is InChI=1S/C24H21F3N6O.C2H6/c1-29-23(32-18-6-7-19-17(12-18)9-11-31-22(19)34)33-21(28)15-4-2-14(3-5-15)16-8-10-30-20(13-16)24(25,26)27;1-2/h2-8,10,12-13H,9,11H2,1H3,(H,31,34)(H3,28,29,32,33);1-2H3. The molecule has 7 nitrogen and oxygen atoms in total. The molecule has 188 valence electrons. The van der Waals surface area contributed by atoms with E-state index in [1.54, 1.807) is 43.4 Å². The van der Waals surface area contributed by atoms with Crippen LogP contribution in [0.1, 0.15) is 41.0 Å². The molecule has 0 saturated heterocycles. The van der Waals surface area contributed by atoms with E-state index in [1.165, 1.54) is 6.07 Å². The number of halogens is 3. The van der Waals surface area contributed by atoms with E-state index in [2.05, 4.69) is 25.6 Å². The van der Waals surface area contributed by atoms with Crippen molar-refractivity contribution in [3.8, 4) is 11.1 Å². The summed E-state index contributed by atoms with van der Waals surface area (Å²) in [6, 6.07) is 14.6. The van der Waals surface area contributed by atoms with Crippen molar-refractivity contribution in [3.05, 3.63) is 83.2 Å². The molecular weight excluding hydrogens is 469 g/mol. The summed E-state index contributed by atoms with van der Waals surface area (Å²) in [4.78, 5) is 23.7. The molecule has 3 aromatic rings. The molecule has 0 unspecified atom stereocenters. The molecule has 10 heteroatoms. The lowest BCUT2D eigenvalue weighted by Gasteiger charge is -2.17. The fourth-order valence-electron chi connectivity index (χ4n) is 3.55. The lowest BCUT2D eigenvalue weighted by Crippen LogP contribution is -2.31. The molecule has 4 rings (SSSR count). The number of nitrogens with one attached hydrogen (secondary N) is 2. The lowest BCUT2D eigenvalue weighted by atomic mass is 10.00. The molecular formula is C26H27F3N6O. The van der Waals surface area contributed by atoms with Gasteiger partial charge >= 0.3 is 6.18 Å². The number of nitrogens with two attached hydrogens (primary N) is 1. The molecule has 0 bridgehead atoms.